The second-order valence-electron chi connectivity index (χ2n) is 11.8. The standard InChI is InChI=1S/C27H45NO/c1-18(2)7-6-8-19(3)23-11-12-24-22-10-9-20-17-21(28-29)13-15-26(20,4)25(22)14-16-27(23,24)5/h13,15,18-20,22-25,29H,6-12,14,16-17H2,1-5H3/b28-21-/t19-,20-,22+,23-,24+,25+,26+,27-/m1/s1/i13D,17D2. The van der Waals surface area contributed by atoms with Gasteiger partial charge in [0.05, 0.1) is 7.08 Å². The highest BCUT2D eigenvalue weighted by atomic mass is 16.4. The van der Waals surface area contributed by atoms with Crippen molar-refractivity contribution in [3.05, 3.63) is 12.1 Å². The smallest absolute Gasteiger partial charge is 0.0795 e. The SMILES string of the molecule is [2H]C1=C[C@@]2(C)[C@H](CC[C@@H]3[C@@H]2CC[C@]2(C)[C@@H]([C@H](C)CCCC(C)C)CC[C@@H]32)C([2H])([2H])/C1=N\O. The molecule has 4 aliphatic carbocycles. The molecule has 8 atom stereocenters. The highest BCUT2D eigenvalue weighted by Crippen LogP contribution is 2.67. The Morgan fingerprint density at radius 2 is 1.93 bits per heavy atom. The van der Waals surface area contributed by atoms with E-state index in [0.29, 0.717) is 17.3 Å². The zero-order valence-corrected chi connectivity index (χ0v) is 19.4. The molecule has 0 radical (unpaired) electrons. The Hall–Kier alpha value is -0.790. The van der Waals surface area contributed by atoms with Crippen molar-refractivity contribution in [2.24, 2.45) is 57.4 Å². The summed E-state index contributed by atoms with van der Waals surface area (Å²) in [6.07, 6.45) is 11.3. The van der Waals surface area contributed by atoms with Crippen LogP contribution in [0.3, 0.4) is 0 Å². The maximum absolute atomic E-state index is 9.42. The van der Waals surface area contributed by atoms with Crippen molar-refractivity contribution in [1.82, 2.24) is 0 Å². The van der Waals surface area contributed by atoms with E-state index in [2.05, 4.69) is 39.8 Å². The van der Waals surface area contributed by atoms with Crippen LogP contribution in [0.4, 0.5) is 0 Å². The van der Waals surface area contributed by atoms with Crippen molar-refractivity contribution < 1.29 is 9.32 Å². The fraction of sp³-hybridized carbons (Fsp3) is 0.889. The highest BCUT2D eigenvalue weighted by Gasteiger charge is 2.59. The summed E-state index contributed by atoms with van der Waals surface area (Å²) in [7, 11) is 0. The van der Waals surface area contributed by atoms with Crippen LogP contribution in [-0.2, 0) is 0 Å². The zero-order chi connectivity index (χ0) is 23.5. The molecule has 4 rings (SSSR count). The van der Waals surface area contributed by atoms with Gasteiger partial charge >= 0.3 is 0 Å². The largest absolute Gasteiger partial charge is 0.411 e. The summed E-state index contributed by atoms with van der Waals surface area (Å²) < 4.78 is 25.9. The minimum atomic E-state index is -1.73. The van der Waals surface area contributed by atoms with Crippen molar-refractivity contribution in [3.63, 3.8) is 0 Å². The molecule has 1 N–H and O–H groups in total. The van der Waals surface area contributed by atoms with Crippen LogP contribution in [0.5, 0.6) is 0 Å². The molecule has 164 valence electrons. The molecule has 29 heavy (non-hydrogen) atoms. The van der Waals surface area contributed by atoms with Gasteiger partial charge in [0.25, 0.3) is 0 Å². The third kappa shape index (κ3) is 3.61. The van der Waals surface area contributed by atoms with E-state index in [1.165, 1.54) is 38.5 Å². The van der Waals surface area contributed by atoms with Gasteiger partial charge in [-0.05, 0) is 103 Å². The monoisotopic (exact) mass is 402 g/mol. The van der Waals surface area contributed by atoms with Gasteiger partial charge in [0.15, 0.2) is 0 Å². The third-order valence-electron chi connectivity index (χ3n) is 9.91. The highest BCUT2D eigenvalue weighted by molar-refractivity contribution is 5.95. The van der Waals surface area contributed by atoms with E-state index in [-0.39, 0.29) is 23.1 Å². The molecule has 0 spiro atoms. The van der Waals surface area contributed by atoms with E-state index < -0.39 is 6.37 Å². The van der Waals surface area contributed by atoms with Crippen LogP contribution in [0.2, 0.25) is 0 Å². The molecule has 0 aromatic rings. The van der Waals surface area contributed by atoms with Crippen LogP contribution in [0.1, 0.15) is 103 Å². The summed E-state index contributed by atoms with van der Waals surface area (Å²) >= 11 is 0. The number of hydrogen-bond acceptors (Lipinski definition) is 2. The molecule has 0 amide bonds. The van der Waals surface area contributed by atoms with Crippen LogP contribution in [0.25, 0.3) is 0 Å². The van der Waals surface area contributed by atoms with Crippen LogP contribution < -0.4 is 0 Å². The van der Waals surface area contributed by atoms with Gasteiger partial charge in [-0.25, -0.2) is 0 Å². The van der Waals surface area contributed by atoms with Crippen molar-refractivity contribution in [2.45, 2.75) is 98.8 Å². The summed E-state index contributed by atoms with van der Waals surface area (Å²) in [5, 5.41) is 12.6. The Bertz CT molecular complexity index is 777. The Balaban J connectivity index is 1.57. The van der Waals surface area contributed by atoms with Gasteiger partial charge in [0.1, 0.15) is 0 Å². The minimum absolute atomic E-state index is 0.0739. The number of hydrogen-bond donors (Lipinski definition) is 1. The van der Waals surface area contributed by atoms with Crippen molar-refractivity contribution in [3.8, 4) is 0 Å². The zero-order valence-electron chi connectivity index (χ0n) is 22.4. The van der Waals surface area contributed by atoms with Gasteiger partial charge in [0, 0.05) is 2.74 Å². The molecule has 2 nitrogen and oxygen atoms in total. The average molecular weight is 403 g/mol. The van der Waals surface area contributed by atoms with Gasteiger partial charge in [-0.3, -0.25) is 0 Å². The van der Waals surface area contributed by atoms with Crippen LogP contribution >= 0.6 is 0 Å². The summed E-state index contributed by atoms with van der Waals surface area (Å²) in [4.78, 5) is 0. The summed E-state index contributed by atoms with van der Waals surface area (Å²) in [6, 6.07) is 0.0910. The van der Waals surface area contributed by atoms with Crippen molar-refractivity contribution in [1.29, 1.82) is 0 Å². The summed E-state index contributed by atoms with van der Waals surface area (Å²) in [5.74, 6) is 4.01. The Morgan fingerprint density at radius 3 is 2.66 bits per heavy atom. The molecule has 4 aliphatic rings. The minimum Gasteiger partial charge on any atom is -0.411 e. The lowest BCUT2D eigenvalue weighted by molar-refractivity contribution is -0.0809. The van der Waals surface area contributed by atoms with E-state index in [4.69, 9.17) is 4.11 Å². The fourth-order valence-corrected chi connectivity index (χ4v) is 8.34. The first-order valence-electron chi connectivity index (χ1n) is 13.9. The molecule has 0 aromatic carbocycles. The maximum atomic E-state index is 9.42. The Morgan fingerprint density at radius 1 is 1.14 bits per heavy atom. The lowest BCUT2D eigenvalue weighted by Gasteiger charge is -2.59. The average Bonchev–Trinajstić information content (AvgIpc) is 3.04. The number of nitrogens with zero attached hydrogens (tertiary/aromatic N) is 1. The van der Waals surface area contributed by atoms with E-state index in [1.54, 1.807) is 0 Å². The maximum Gasteiger partial charge on any atom is 0.0795 e. The lowest BCUT2D eigenvalue weighted by Crippen LogP contribution is -2.52. The molecule has 0 aromatic heterocycles. The molecular weight excluding hydrogens is 354 g/mol. The molecule has 3 fully saturated rings. The molecule has 0 heterocycles. The van der Waals surface area contributed by atoms with Crippen LogP contribution in [0, 0.1) is 52.3 Å². The van der Waals surface area contributed by atoms with Crippen LogP contribution in [0.15, 0.2) is 17.3 Å². The predicted octanol–water partition coefficient (Wildman–Crippen LogP) is 7.71. The lowest BCUT2D eigenvalue weighted by atomic mass is 9.45. The van der Waals surface area contributed by atoms with Crippen molar-refractivity contribution in [2.75, 3.05) is 0 Å². The number of allylic oxidation sites excluding steroid dienone is 2. The molecule has 0 saturated heterocycles. The number of fused-ring (bicyclic) bond motifs is 5. The summed E-state index contributed by atoms with van der Waals surface area (Å²) in [6.45, 7) is 12.0. The predicted molar refractivity (Wildman–Crippen MR) is 122 cm³/mol. The topological polar surface area (TPSA) is 32.6 Å². The second-order valence-corrected chi connectivity index (χ2v) is 11.8. The van der Waals surface area contributed by atoms with Gasteiger partial charge < -0.3 is 5.21 Å². The molecule has 3 saturated carbocycles. The molecule has 0 aliphatic heterocycles. The van der Waals surface area contributed by atoms with E-state index in [0.717, 1.165) is 42.9 Å². The van der Waals surface area contributed by atoms with Gasteiger partial charge in [-0.15, -0.1) is 0 Å². The van der Waals surface area contributed by atoms with Gasteiger partial charge in [-0.1, -0.05) is 65.1 Å². The summed E-state index contributed by atoms with van der Waals surface area (Å²) in [5.41, 5.74) is 0.0239. The second kappa shape index (κ2) is 8.04. The van der Waals surface area contributed by atoms with Gasteiger partial charge in [0.2, 0.25) is 0 Å². The molecular formula is C27H45NO. The first kappa shape index (κ1) is 17.8. The first-order valence-corrected chi connectivity index (χ1v) is 12.4. The van der Waals surface area contributed by atoms with E-state index in [1.807, 2.05) is 6.08 Å². The van der Waals surface area contributed by atoms with E-state index in [9.17, 15) is 5.21 Å². The van der Waals surface area contributed by atoms with Crippen LogP contribution in [-0.4, -0.2) is 10.9 Å². The van der Waals surface area contributed by atoms with Crippen molar-refractivity contribution >= 4 is 5.71 Å². The Labute approximate surface area is 183 Å². The molecule has 0 bridgehead atoms. The normalized spacial score (nSPS) is 50.0. The number of rotatable bonds is 5. The molecule has 2 heteroatoms. The van der Waals surface area contributed by atoms with Gasteiger partial charge in [-0.2, -0.15) is 0 Å². The Kier molecular flexibility index (Phi) is 4.95. The molecule has 0 unspecified atom stereocenters. The quantitative estimate of drug-likeness (QED) is 0.370. The van der Waals surface area contributed by atoms with E-state index >= 15 is 0 Å². The first-order chi connectivity index (χ1) is 15.0. The third-order valence-corrected chi connectivity index (χ3v) is 9.91. The number of oxime groups is 1. The fourth-order valence-electron chi connectivity index (χ4n) is 8.34.